The van der Waals surface area contributed by atoms with Crippen molar-refractivity contribution in [2.45, 2.75) is 6.42 Å². The summed E-state index contributed by atoms with van der Waals surface area (Å²) in [4.78, 5) is 32.2. The zero-order valence-corrected chi connectivity index (χ0v) is 11.2. The van der Waals surface area contributed by atoms with Gasteiger partial charge in [0.05, 0.1) is 38.4 Å². The van der Waals surface area contributed by atoms with Crippen LogP contribution in [0, 0.1) is 6.54 Å². The van der Waals surface area contributed by atoms with Crippen LogP contribution in [0.15, 0.2) is 24.3 Å². The maximum absolute atomic E-state index is 12.3. The molecule has 1 aromatic rings. The Balaban J connectivity index is 2.11. The van der Waals surface area contributed by atoms with Crippen molar-refractivity contribution in [3.05, 3.63) is 36.5 Å². The molecular weight excluding hydrogens is 274 g/mol. The molecule has 0 unspecified atom stereocenters. The van der Waals surface area contributed by atoms with E-state index >= 15 is 0 Å². The minimum atomic E-state index is -0.612. The van der Waals surface area contributed by atoms with Gasteiger partial charge in [-0.25, -0.2) is 9.97 Å². The molecule has 0 saturated carbocycles. The first-order valence-corrected chi connectivity index (χ1v) is 6.48. The van der Waals surface area contributed by atoms with Crippen LogP contribution in [-0.2, 0) is 14.3 Å². The normalized spacial score (nSPS) is 19.3. The van der Waals surface area contributed by atoms with Crippen molar-refractivity contribution in [2.24, 2.45) is 5.73 Å². The van der Waals surface area contributed by atoms with Gasteiger partial charge in [0.2, 0.25) is 5.91 Å². The van der Waals surface area contributed by atoms with Crippen LogP contribution < -0.4 is 5.73 Å². The highest BCUT2D eigenvalue weighted by atomic mass is 16.5. The van der Waals surface area contributed by atoms with Crippen LogP contribution in [0.3, 0.4) is 0 Å². The Morgan fingerprint density at radius 1 is 1.43 bits per heavy atom. The number of hydrogen-bond donors (Lipinski definition) is 1. The van der Waals surface area contributed by atoms with E-state index in [1.54, 1.807) is 18.8 Å². The number of nitrogens with zero attached hydrogens (tertiary/aromatic N) is 4. The number of rotatable bonds is 2. The van der Waals surface area contributed by atoms with Gasteiger partial charge in [0.25, 0.3) is 5.91 Å². The lowest BCUT2D eigenvalue weighted by molar-refractivity contribution is -0.144. The van der Waals surface area contributed by atoms with Crippen LogP contribution in [0.25, 0.3) is 5.57 Å². The van der Waals surface area contributed by atoms with E-state index < -0.39 is 5.91 Å². The van der Waals surface area contributed by atoms with Gasteiger partial charge in [0.1, 0.15) is 12.0 Å². The maximum atomic E-state index is 12.3. The van der Waals surface area contributed by atoms with Gasteiger partial charge < -0.3 is 10.5 Å². The summed E-state index contributed by atoms with van der Waals surface area (Å²) in [6.07, 6.45) is 2.99. The number of nitrogens with two attached hydrogens (primary N) is 1. The number of hydrogen-bond acceptors (Lipinski definition) is 6. The first-order chi connectivity index (χ1) is 10.2. The lowest BCUT2D eigenvalue weighted by Crippen LogP contribution is -2.50. The van der Waals surface area contributed by atoms with Gasteiger partial charge in [-0.3, -0.25) is 19.6 Å². The summed E-state index contributed by atoms with van der Waals surface area (Å²) in [6.45, 7) is 2.72. The molecule has 109 valence electrons. The number of amides is 2. The fraction of sp³-hybridized carbons (Fsp3) is 0.308. The largest absolute Gasteiger partial charge is 0.377 e. The number of aromatic nitrogens is 2. The van der Waals surface area contributed by atoms with Crippen molar-refractivity contribution in [2.75, 3.05) is 19.8 Å². The summed E-state index contributed by atoms with van der Waals surface area (Å²) in [5, 5.41) is 2.95. The highest BCUT2D eigenvalue weighted by Crippen LogP contribution is 2.31. The van der Waals surface area contributed by atoms with E-state index in [0.717, 1.165) is 0 Å². The first kappa shape index (κ1) is 13.5. The lowest BCUT2D eigenvalue weighted by atomic mass is 10.0. The summed E-state index contributed by atoms with van der Waals surface area (Å²) in [5.74, 6) is -0.741. The SMILES string of the molecule is NC(=O)C1=C(c2ccncn2)CC(=O)N2CCOC[CH]N12. The third-order valence-electron chi connectivity index (χ3n) is 3.33. The molecule has 1 fully saturated rings. The third-order valence-corrected chi connectivity index (χ3v) is 3.33. The van der Waals surface area contributed by atoms with Gasteiger partial charge in [0.15, 0.2) is 0 Å². The molecule has 2 N–H and O–H groups in total. The standard InChI is InChI=1S/C13H14N5O3/c14-13(20)12-9(10-1-2-15-8-16-10)7-11(19)17-3-5-21-6-4-18(12)17/h1-2,4,8H,3,5-7H2,(H2,14,20). The minimum absolute atomic E-state index is 0.0691. The molecule has 1 radical (unpaired) electrons. The predicted molar refractivity (Wildman–Crippen MR) is 71.4 cm³/mol. The molecule has 8 heteroatoms. The maximum Gasteiger partial charge on any atom is 0.267 e. The van der Waals surface area contributed by atoms with Crippen LogP contribution in [-0.4, -0.2) is 51.6 Å². The minimum Gasteiger partial charge on any atom is -0.377 e. The molecule has 0 atom stereocenters. The van der Waals surface area contributed by atoms with Crippen LogP contribution in [0.2, 0.25) is 0 Å². The van der Waals surface area contributed by atoms with Gasteiger partial charge in [0, 0.05) is 11.8 Å². The topological polar surface area (TPSA) is 102 Å². The molecule has 2 aliphatic heterocycles. The van der Waals surface area contributed by atoms with Crippen LogP contribution >= 0.6 is 0 Å². The molecule has 3 rings (SSSR count). The zero-order valence-electron chi connectivity index (χ0n) is 11.2. The second-order valence-corrected chi connectivity index (χ2v) is 4.58. The van der Waals surface area contributed by atoms with Crippen molar-refractivity contribution in [3.63, 3.8) is 0 Å². The fourth-order valence-electron chi connectivity index (χ4n) is 2.43. The van der Waals surface area contributed by atoms with E-state index in [2.05, 4.69) is 9.97 Å². The van der Waals surface area contributed by atoms with Crippen molar-refractivity contribution in [3.8, 4) is 0 Å². The number of carbonyl (C=O) groups is 2. The van der Waals surface area contributed by atoms with Crippen LogP contribution in [0.4, 0.5) is 0 Å². The van der Waals surface area contributed by atoms with E-state index in [1.165, 1.54) is 16.3 Å². The van der Waals surface area contributed by atoms with Gasteiger partial charge >= 0.3 is 0 Å². The Kier molecular flexibility index (Phi) is 3.53. The van der Waals surface area contributed by atoms with E-state index in [4.69, 9.17) is 10.5 Å². The Morgan fingerprint density at radius 2 is 2.29 bits per heavy atom. The van der Waals surface area contributed by atoms with Crippen molar-refractivity contribution in [1.29, 1.82) is 0 Å². The molecular formula is C13H14N5O3. The van der Waals surface area contributed by atoms with Crippen molar-refractivity contribution < 1.29 is 14.3 Å². The molecule has 2 aliphatic rings. The van der Waals surface area contributed by atoms with E-state index in [-0.39, 0.29) is 18.0 Å². The summed E-state index contributed by atoms with van der Waals surface area (Å²) in [7, 11) is 0. The molecule has 8 nitrogen and oxygen atoms in total. The monoisotopic (exact) mass is 288 g/mol. The van der Waals surface area contributed by atoms with E-state index in [0.29, 0.717) is 31.0 Å². The molecule has 2 amide bonds. The van der Waals surface area contributed by atoms with Gasteiger partial charge in [-0.2, -0.15) is 0 Å². The fourth-order valence-corrected chi connectivity index (χ4v) is 2.43. The first-order valence-electron chi connectivity index (χ1n) is 6.48. The Labute approximate surface area is 121 Å². The molecule has 21 heavy (non-hydrogen) atoms. The lowest BCUT2D eigenvalue weighted by Gasteiger charge is -2.39. The van der Waals surface area contributed by atoms with E-state index in [1.807, 2.05) is 0 Å². The summed E-state index contributed by atoms with van der Waals surface area (Å²) >= 11 is 0. The van der Waals surface area contributed by atoms with Gasteiger partial charge in [-0.15, -0.1) is 0 Å². The third kappa shape index (κ3) is 2.45. The van der Waals surface area contributed by atoms with Crippen molar-refractivity contribution in [1.82, 2.24) is 20.0 Å². The summed E-state index contributed by atoms with van der Waals surface area (Å²) in [6, 6.07) is 1.65. The highest BCUT2D eigenvalue weighted by molar-refractivity contribution is 6.04. The predicted octanol–water partition coefficient (Wildman–Crippen LogP) is -0.686. The summed E-state index contributed by atoms with van der Waals surface area (Å²) < 4.78 is 5.31. The number of carbonyl (C=O) groups excluding carboxylic acids is 2. The highest BCUT2D eigenvalue weighted by Gasteiger charge is 2.36. The Hall–Kier alpha value is -2.48. The molecule has 1 saturated heterocycles. The van der Waals surface area contributed by atoms with E-state index in [9.17, 15) is 9.59 Å². The number of primary amides is 1. The molecule has 1 aromatic heterocycles. The van der Waals surface area contributed by atoms with Gasteiger partial charge in [-0.05, 0) is 6.07 Å². The molecule has 0 spiro atoms. The average molecular weight is 288 g/mol. The summed E-state index contributed by atoms with van der Waals surface area (Å²) in [5.41, 5.74) is 6.79. The average Bonchev–Trinajstić information content (AvgIpc) is 2.73. The van der Waals surface area contributed by atoms with Crippen molar-refractivity contribution >= 4 is 17.4 Å². The smallest absolute Gasteiger partial charge is 0.267 e. The Morgan fingerprint density at radius 3 is 3.00 bits per heavy atom. The van der Waals surface area contributed by atoms with Crippen LogP contribution in [0.5, 0.6) is 0 Å². The molecule has 0 bridgehead atoms. The number of hydrazine groups is 1. The van der Waals surface area contributed by atoms with Crippen LogP contribution in [0.1, 0.15) is 12.1 Å². The second kappa shape index (κ2) is 5.49. The number of ether oxygens (including phenoxy) is 1. The quantitative estimate of drug-likeness (QED) is 0.773. The number of fused-ring (bicyclic) bond motifs is 1. The Bertz CT molecular complexity index is 601. The molecule has 0 aliphatic carbocycles. The second-order valence-electron chi connectivity index (χ2n) is 4.58. The van der Waals surface area contributed by atoms with Gasteiger partial charge in [-0.1, -0.05) is 0 Å². The molecule has 0 aromatic carbocycles. The zero-order chi connectivity index (χ0) is 14.8. The molecule has 3 heterocycles.